The van der Waals surface area contributed by atoms with Gasteiger partial charge in [0, 0.05) is 29.8 Å². The maximum absolute atomic E-state index is 13.7. The Morgan fingerprint density at radius 1 is 1.03 bits per heavy atom. The minimum absolute atomic E-state index is 0.128. The molecule has 0 saturated carbocycles. The number of nitrogens with zero attached hydrogens (tertiary/aromatic N) is 1. The highest BCUT2D eigenvalue weighted by Gasteiger charge is 2.32. The number of aliphatic hydroxyl groups excluding tert-OH is 1. The first kappa shape index (κ1) is 28.0. The maximum atomic E-state index is 13.7. The topological polar surface area (TPSA) is 125 Å². The predicted molar refractivity (Wildman–Crippen MR) is 152 cm³/mol. The monoisotopic (exact) mass is 528 g/mol. The van der Waals surface area contributed by atoms with E-state index in [0.29, 0.717) is 24.9 Å². The van der Waals surface area contributed by atoms with Crippen LogP contribution in [0.1, 0.15) is 48.2 Å². The van der Waals surface area contributed by atoms with Crippen molar-refractivity contribution in [2.45, 2.75) is 51.2 Å². The van der Waals surface area contributed by atoms with Crippen molar-refractivity contribution in [2.24, 2.45) is 5.73 Å². The van der Waals surface area contributed by atoms with E-state index in [2.05, 4.69) is 10.6 Å². The number of aryl methyl sites for hydroxylation is 1. The van der Waals surface area contributed by atoms with E-state index in [1.54, 1.807) is 30.9 Å². The van der Waals surface area contributed by atoms with Crippen LogP contribution in [0.4, 0.5) is 5.69 Å². The summed E-state index contributed by atoms with van der Waals surface area (Å²) in [4.78, 5) is 40.7. The minimum atomic E-state index is -0.666. The van der Waals surface area contributed by atoms with Gasteiger partial charge >= 0.3 is 0 Å². The summed E-state index contributed by atoms with van der Waals surface area (Å²) in [6, 6.07) is 22.3. The van der Waals surface area contributed by atoms with E-state index in [0.717, 1.165) is 27.9 Å². The van der Waals surface area contributed by atoms with Crippen LogP contribution in [0.5, 0.6) is 0 Å². The lowest BCUT2D eigenvalue weighted by molar-refractivity contribution is -0.128. The van der Waals surface area contributed by atoms with Gasteiger partial charge in [-0.1, -0.05) is 60.7 Å². The van der Waals surface area contributed by atoms with Crippen LogP contribution in [0, 0.1) is 0 Å². The molecule has 1 atom stereocenters. The van der Waals surface area contributed by atoms with Crippen molar-refractivity contribution in [3.05, 3.63) is 89.5 Å². The molecule has 8 nitrogen and oxygen atoms in total. The quantitative estimate of drug-likeness (QED) is 0.340. The van der Waals surface area contributed by atoms with Crippen LogP contribution in [0.15, 0.2) is 72.8 Å². The third-order valence-corrected chi connectivity index (χ3v) is 6.67. The fraction of sp³-hybridized carbons (Fsp3) is 0.323. The molecule has 1 heterocycles. The molecule has 4 rings (SSSR count). The summed E-state index contributed by atoms with van der Waals surface area (Å²) in [5.74, 6) is -0.641. The van der Waals surface area contributed by atoms with Crippen LogP contribution in [-0.4, -0.2) is 47.6 Å². The molecule has 1 aliphatic heterocycles. The largest absolute Gasteiger partial charge is 0.395 e. The summed E-state index contributed by atoms with van der Waals surface area (Å²) in [7, 11) is 0. The Morgan fingerprint density at radius 3 is 2.44 bits per heavy atom. The normalized spacial score (nSPS) is 15.3. The standard InChI is InChI=1S/C31H36N4O4/c1-31(2,32)19-28(37)34-26-16-15-23-7-3-6-10-27(23)35(30(26)39)20-21-11-13-22(14-12-21)24-8-4-5-9-25(24)29(38)33-17-18-36/h3-14,26,36H,15-20,32H2,1-2H3,(H,33,38)(H,34,37). The lowest BCUT2D eigenvalue weighted by Crippen LogP contribution is -2.49. The number of rotatable bonds is 9. The Kier molecular flexibility index (Phi) is 8.79. The number of hydrogen-bond acceptors (Lipinski definition) is 5. The van der Waals surface area contributed by atoms with Gasteiger partial charge in [0.1, 0.15) is 6.04 Å². The van der Waals surface area contributed by atoms with E-state index in [-0.39, 0.29) is 37.3 Å². The summed E-state index contributed by atoms with van der Waals surface area (Å²) in [5.41, 5.74) is 10.3. The lowest BCUT2D eigenvalue weighted by atomic mass is 9.98. The van der Waals surface area contributed by atoms with Gasteiger partial charge in [-0.25, -0.2) is 0 Å². The number of benzene rings is 3. The van der Waals surface area contributed by atoms with Crippen LogP contribution in [0.3, 0.4) is 0 Å². The Labute approximate surface area is 229 Å². The summed E-state index contributed by atoms with van der Waals surface area (Å²) < 4.78 is 0. The first-order valence-corrected chi connectivity index (χ1v) is 13.2. The highest BCUT2D eigenvalue weighted by atomic mass is 16.3. The van der Waals surface area contributed by atoms with E-state index in [9.17, 15) is 14.4 Å². The van der Waals surface area contributed by atoms with Crippen molar-refractivity contribution in [3.63, 3.8) is 0 Å². The molecule has 204 valence electrons. The highest BCUT2D eigenvalue weighted by molar-refractivity contribution is 6.01. The molecule has 1 unspecified atom stereocenters. The van der Waals surface area contributed by atoms with E-state index in [1.807, 2.05) is 60.7 Å². The second-order valence-electron chi connectivity index (χ2n) is 10.6. The lowest BCUT2D eigenvalue weighted by Gasteiger charge is -2.27. The smallest absolute Gasteiger partial charge is 0.251 e. The first-order valence-electron chi connectivity index (χ1n) is 13.2. The van der Waals surface area contributed by atoms with E-state index >= 15 is 0 Å². The molecular formula is C31H36N4O4. The number of aliphatic hydroxyl groups is 1. The number of nitrogens with one attached hydrogen (secondary N) is 2. The molecule has 3 aromatic rings. The number of para-hydroxylation sites is 1. The zero-order valence-electron chi connectivity index (χ0n) is 22.4. The Morgan fingerprint density at radius 2 is 1.72 bits per heavy atom. The number of anilines is 1. The third-order valence-electron chi connectivity index (χ3n) is 6.67. The van der Waals surface area contributed by atoms with E-state index in [1.165, 1.54) is 0 Å². The summed E-state index contributed by atoms with van der Waals surface area (Å²) in [6.07, 6.45) is 1.31. The first-order chi connectivity index (χ1) is 18.7. The van der Waals surface area contributed by atoms with Crippen LogP contribution in [0.25, 0.3) is 11.1 Å². The summed E-state index contributed by atoms with van der Waals surface area (Å²) in [5, 5.41) is 14.7. The SMILES string of the molecule is CC(C)(N)CC(=O)NC1CCc2ccccc2N(Cc2ccc(-c3ccccc3C(=O)NCCO)cc2)C1=O. The second-order valence-corrected chi connectivity index (χ2v) is 10.6. The van der Waals surface area contributed by atoms with Crippen molar-refractivity contribution < 1.29 is 19.5 Å². The average molecular weight is 529 g/mol. The number of carbonyl (C=O) groups excluding carboxylic acids is 3. The molecule has 0 aromatic heterocycles. The van der Waals surface area contributed by atoms with Gasteiger partial charge in [0.2, 0.25) is 11.8 Å². The predicted octanol–water partition coefficient (Wildman–Crippen LogP) is 3.17. The van der Waals surface area contributed by atoms with Crippen molar-refractivity contribution in [3.8, 4) is 11.1 Å². The molecule has 0 aliphatic carbocycles. The average Bonchev–Trinajstić information content (AvgIpc) is 3.03. The maximum Gasteiger partial charge on any atom is 0.251 e. The summed E-state index contributed by atoms with van der Waals surface area (Å²) in [6.45, 7) is 3.96. The van der Waals surface area contributed by atoms with Gasteiger partial charge in [-0.2, -0.15) is 0 Å². The van der Waals surface area contributed by atoms with Crippen LogP contribution in [-0.2, 0) is 22.6 Å². The molecule has 8 heteroatoms. The molecule has 0 fully saturated rings. The Bertz CT molecular complexity index is 1330. The van der Waals surface area contributed by atoms with Crippen molar-refractivity contribution >= 4 is 23.4 Å². The fourth-order valence-corrected chi connectivity index (χ4v) is 4.84. The molecule has 3 aromatic carbocycles. The Balaban J connectivity index is 1.57. The number of amides is 3. The van der Waals surface area contributed by atoms with Gasteiger partial charge in [-0.05, 0) is 61.1 Å². The van der Waals surface area contributed by atoms with Crippen molar-refractivity contribution in [1.29, 1.82) is 0 Å². The molecule has 0 bridgehead atoms. The number of hydrogen-bond donors (Lipinski definition) is 4. The van der Waals surface area contributed by atoms with Gasteiger partial charge < -0.3 is 26.4 Å². The van der Waals surface area contributed by atoms with Crippen LogP contribution in [0.2, 0.25) is 0 Å². The molecule has 3 amide bonds. The zero-order chi connectivity index (χ0) is 28.0. The molecule has 0 spiro atoms. The van der Waals surface area contributed by atoms with Crippen LogP contribution >= 0.6 is 0 Å². The second kappa shape index (κ2) is 12.2. The molecule has 39 heavy (non-hydrogen) atoms. The molecule has 0 radical (unpaired) electrons. The van der Waals surface area contributed by atoms with Gasteiger partial charge in [0.05, 0.1) is 13.2 Å². The summed E-state index contributed by atoms with van der Waals surface area (Å²) >= 11 is 0. The third kappa shape index (κ3) is 7.10. The molecule has 5 N–H and O–H groups in total. The van der Waals surface area contributed by atoms with Crippen molar-refractivity contribution in [1.82, 2.24) is 10.6 Å². The number of carbonyl (C=O) groups is 3. The van der Waals surface area contributed by atoms with Gasteiger partial charge in [-0.15, -0.1) is 0 Å². The van der Waals surface area contributed by atoms with Gasteiger partial charge in [0.15, 0.2) is 0 Å². The molecule has 0 saturated heterocycles. The van der Waals surface area contributed by atoms with E-state index in [4.69, 9.17) is 10.8 Å². The molecular weight excluding hydrogens is 492 g/mol. The van der Waals surface area contributed by atoms with Crippen molar-refractivity contribution in [2.75, 3.05) is 18.1 Å². The molecule has 1 aliphatic rings. The zero-order valence-corrected chi connectivity index (χ0v) is 22.4. The number of fused-ring (bicyclic) bond motifs is 1. The minimum Gasteiger partial charge on any atom is -0.395 e. The van der Waals surface area contributed by atoms with Crippen LogP contribution < -0.4 is 21.3 Å². The van der Waals surface area contributed by atoms with Gasteiger partial charge in [0.25, 0.3) is 5.91 Å². The van der Waals surface area contributed by atoms with Gasteiger partial charge in [-0.3, -0.25) is 14.4 Å². The number of nitrogens with two attached hydrogens (primary N) is 1. The fourth-order valence-electron chi connectivity index (χ4n) is 4.84. The highest BCUT2D eigenvalue weighted by Crippen LogP contribution is 2.30. The Hall–Kier alpha value is -4.01. The van der Waals surface area contributed by atoms with E-state index < -0.39 is 11.6 Å².